The molecule has 0 amide bonds. The highest BCUT2D eigenvalue weighted by Gasteiger charge is 2.21. The van der Waals surface area contributed by atoms with Gasteiger partial charge in [0.2, 0.25) is 0 Å². The monoisotopic (exact) mass is 341 g/mol. The van der Waals surface area contributed by atoms with Crippen LogP contribution in [0.5, 0.6) is 0 Å². The van der Waals surface area contributed by atoms with Crippen molar-refractivity contribution in [3.8, 4) is 0 Å². The van der Waals surface area contributed by atoms with Crippen molar-refractivity contribution in [3.63, 3.8) is 0 Å². The van der Waals surface area contributed by atoms with Crippen LogP contribution in [0.1, 0.15) is 38.8 Å². The minimum Gasteiger partial charge on any atom is -0.370 e. The standard InChI is InChI=1S/C21H31N3O/c1-6-23(7-2)19-16-22(5)21(25)18(20(19)24(8-3)9-4)15-17-13-11-10-12-14-17/h10-14,16H,6-9,15H2,1-5H3. The predicted molar refractivity (Wildman–Crippen MR) is 108 cm³/mol. The van der Waals surface area contributed by atoms with Gasteiger partial charge in [-0.25, -0.2) is 0 Å². The number of pyridine rings is 1. The molecule has 0 aliphatic rings. The molecule has 0 spiro atoms. The second-order valence-electron chi connectivity index (χ2n) is 6.26. The van der Waals surface area contributed by atoms with Crippen LogP contribution < -0.4 is 15.4 Å². The molecule has 136 valence electrons. The van der Waals surface area contributed by atoms with Gasteiger partial charge in [0.25, 0.3) is 5.56 Å². The third-order valence-corrected chi connectivity index (χ3v) is 4.83. The fourth-order valence-electron chi connectivity index (χ4n) is 3.42. The van der Waals surface area contributed by atoms with Gasteiger partial charge in [0.1, 0.15) is 0 Å². The van der Waals surface area contributed by atoms with Crippen molar-refractivity contribution < 1.29 is 0 Å². The molecule has 0 radical (unpaired) electrons. The molecule has 0 aliphatic heterocycles. The van der Waals surface area contributed by atoms with E-state index in [2.05, 4.69) is 49.6 Å². The lowest BCUT2D eigenvalue weighted by molar-refractivity contribution is 0.780. The molecule has 0 saturated carbocycles. The zero-order chi connectivity index (χ0) is 18.4. The molecule has 0 N–H and O–H groups in total. The van der Waals surface area contributed by atoms with Crippen molar-refractivity contribution in [2.75, 3.05) is 36.0 Å². The van der Waals surface area contributed by atoms with Crippen molar-refractivity contribution >= 4 is 11.4 Å². The summed E-state index contributed by atoms with van der Waals surface area (Å²) in [5.74, 6) is 0. The van der Waals surface area contributed by atoms with Crippen molar-refractivity contribution in [1.82, 2.24) is 4.57 Å². The Bertz CT molecular complexity index is 729. The molecule has 4 heteroatoms. The first kappa shape index (κ1) is 19.1. The topological polar surface area (TPSA) is 28.5 Å². The highest BCUT2D eigenvalue weighted by molar-refractivity contribution is 5.74. The number of benzene rings is 1. The Hall–Kier alpha value is -2.23. The van der Waals surface area contributed by atoms with Crippen LogP contribution >= 0.6 is 0 Å². The smallest absolute Gasteiger partial charge is 0.256 e. The van der Waals surface area contributed by atoms with Crippen LogP contribution in [0.4, 0.5) is 11.4 Å². The SMILES string of the molecule is CCN(CC)c1cn(C)c(=O)c(Cc2ccccc2)c1N(CC)CC. The number of aromatic nitrogens is 1. The van der Waals surface area contributed by atoms with Gasteiger partial charge in [-0.1, -0.05) is 30.3 Å². The minimum atomic E-state index is 0.0988. The Kier molecular flexibility index (Phi) is 6.68. The molecule has 2 rings (SSSR count). The summed E-state index contributed by atoms with van der Waals surface area (Å²) in [6, 6.07) is 10.3. The molecule has 25 heavy (non-hydrogen) atoms. The quantitative estimate of drug-likeness (QED) is 0.733. The lowest BCUT2D eigenvalue weighted by Crippen LogP contribution is -2.34. The van der Waals surface area contributed by atoms with Gasteiger partial charge < -0.3 is 14.4 Å². The van der Waals surface area contributed by atoms with Crippen LogP contribution in [-0.2, 0) is 13.5 Å². The van der Waals surface area contributed by atoms with Gasteiger partial charge in [-0.2, -0.15) is 0 Å². The summed E-state index contributed by atoms with van der Waals surface area (Å²) in [6.07, 6.45) is 2.66. The van der Waals surface area contributed by atoms with E-state index in [1.54, 1.807) is 4.57 Å². The van der Waals surface area contributed by atoms with E-state index in [9.17, 15) is 4.79 Å². The average Bonchev–Trinajstić information content (AvgIpc) is 2.64. The van der Waals surface area contributed by atoms with Gasteiger partial charge in [-0.05, 0) is 33.3 Å². The maximum Gasteiger partial charge on any atom is 0.256 e. The normalized spacial score (nSPS) is 10.8. The fraction of sp³-hybridized carbons (Fsp3) is 0.476. The van der Waals surface area contributed by atoms with Gasteiger partial charge in [0.05, 0.1) is 11.4 Å². The summed E-state index contributed by atoms with van der Waals surface area (Å²) >= 11 is 0. The molecular formula is C21H31N3O. The van der Waals surface area contributed by atoms with E-state index in [1.807, 2.05) is 31.4 Å². The van der Waals surface area contributed by atoms with Crippen LogP contribution in [0.3, 0.4) is 0 Å². The number of nitrogens with zero attached hydrogens (tertiary/aromatic N) is 3. The Balaban J connectivity index is 2.71. The van der Waals surface area contributed by atoms with Gasteiger partial charge >= 0.3 is 0 Å². The van der Waals surface area contributed by atoms with E-state index < -0.39 is 0 Å². The van der Waals surface area contributed by atoms with E-state index in [1.165, 1.54) is 5.56 Å². The number of hydrogen-bond acceptors (Lipinski definition) is 3. The van der Waals surface area contributed by atoms with Gasteiger partial charge in [0.15, 0.2) is 0 Å². The summed E-state index contributed by atoms with van der Waals surface area (Å²) in [7, 11) is 1.86. The Labute approximate surface area is 151 Å². The molecule has 1 aromatic heterocycles. The molecule has 0 unspecified atom stereocenters. The third kappa shape index (κ3) is 4.06. The van der Waals surface area contributed by atoms with Crippen LogP contribution in [0.2, 0.25) is 0 Å². The first-order valence-corrected chi connectivity index (χ1v) is 9.33. The second kappa shape index (κ2) is 8.75. The molecule has 1 aromatic carbocycles. The first-order valence-electron chi connectivity index (χ1n) is 9.33. The van der Waals surface area contributed by atoms with Crippen LogP contribution in [0.25, 0.3) is 0 Å². The van der Waals surface area contributed by atoms with Crippen molar-refractivity contribution in [3.05, 3.63) is 58.0 Å². The summed E-state index contributed by atoms with van der Waals surface area (Å²) in [6.45, 7) is 12.3. The van der Waals surface area contributed by atoms with E-state index in [4.69, 9.17) is 0 Å². The minimum absolute atomic E-state index is 0.0988. The van der Waals surface area contributed by atoms with Crippen molar-refractivity contribution in [2.45, 2.75) is 34.1 Å². The summed E-state index contributed by atoms with van der Waals surface area (Å²) in [4.78, 5) is 17.6. The largest absolute Gasteiger partial charge is 0.370 e. The number of hydrogen-bond donors (Lipinski definition) is 0. The Morgan fingerprint density at radius 3 is 1.96 bits per heavy atom. The fourth-order valence-corrected chi connectivity index (χ4v) is 3.42. The van der Waals surface area contributed by atoms with Crippen LogP contribution in [-0.4, -0.2) is 30.7 Å². The Morgan fingerprint density at radius 1 is 0.880 bits per heavy atom. The van der Waals surface area contributed by atoms with Crippen LogP contribution in [0, 0.1) is 0 Å². The van der Waals surface area contributed by atoms with Crippen molar-refractivity contribution in [2.24, 2.45) is 7.05 Å². The molecule has 0 aliphatic carbocycles. The number of aryl methyl sites for hydroxylation is 1. The zero-order valence-corrected chi connectivity index (χ0v) is 16.2. The average molecular weight is 341 g/mol. The molecule has 4 nitrogen and oxygen atoms in total. The highest BCUT2D eigenvalue weighted by atomic mass is 16.1. The molecule has 0 atom stereocenters. The Morgan fingerprint density at radius 2 is 1.44 bits per heavy atom. The van der Waals surface area contributed by atoms with E-state index >= 15 is 0 Å². The second-order valence-corrected chi connectivity index (χ2v) is 6.26. The van der Waals surface area contributed by atoms with Gasteiger partial charge in [-0.3, -0.25) is 4.79 Å². The van der Waals surface area contributed by atoms with E-state index in [-0.39, 0.29) is 5.56 Å². The summed E-state index contributed by atoms with van der Waals surface area (Å²) in [5, 5.41) is 0. The molecule has 1 heterocycles. The lowest BCUT2D eigenvalue weighted by atomic mass is 10.0. The third-order valence-electron chi connectivity index (χ3n) is 4.83. The maximum absolute atomic E-state index is 13.0. The summed E-state index contributed by atoms with van der Waals surface area (Å²) < 4.78 is 1.74. The zero-order valence-electron chi connectivity index (χ0n) is 16.2. The highest BCUT2D eigenvalue weighted by Crippen LogP contribution is 2.32. The summed E-state index contributed by atoms with van der Waals surface area (Å²) in [5.41, 5.74) is 4.41. The molecule has 0 bridgehead atoms. The molecule has 2 aromatic rings. The molecule has 0 saturated heterocycles. The predicted octanol–water partition coefficient (Wildman–Crippen LogP) is 3.67. The maximum atomic E-state index is 13.0. The lowest BCUT2D eigenvalue weighted by Gasteiger charge is -2.32. The number of rotatable bonds is 8. The molecular weight excluding hydrogens is 310 g/mol. The van der Waals surface area contributed by atoms with E-state index in [0.717, 1.165) is 43.1 Å². The first-order chi connectivity index (χ1) is 12.1. The van der Waals surface area contributed by atoms with Crippen molar-refractivity contribution in [1.29, 1.82) is 0 Å². The van der Waals surface area contributed by atoms with Gasteiger partial charge in [-0.15, -0.1) is 0 Å². The van der Waals surface area contributed by atoms with Gasteiger partial charge in [0, 0.05) is 51.4 Å². The number of anilines is 2. The van der Waals surface area contributed by atoms with E-state index in [0.29, 0.717) is 6.42 Å². The van der Waals surface area contributed by atoms with Crippen LogP contribution in [0.15, 0.2) is 41.3 Å². The molecule has 0 fully saturated rings.